The van der Waals surface area contributed by atoms with Crippen molar-refractivity contribution in [3.8, 4) is 5.69 Å². The second-order valence-electron chi connectivity index (χ2n) is 4.05. The Labute approximate surface area is 109 Å². The summed E-state index contributed by atoms with van der Waals surface area (Å²) in [6.07, 6.45) is 1.75. The van der Waals surface area contributed by atoms with Crippen molar-refractivity contribution >= 4 is 28.5 Å². The van der Waals surface area contributed by atoms with E-state index in [1.807, 2.05) is 35.8 Å². The number of pyridine rings is 1. The molecule has 0 unspecified atom stereocenters. The van der Waals surface area contributed by atoms with Crippen LogP contribution in [0.25, 0.3) is 16.9 Å². The fraction of sp³-hybridized carbons (Fsp3) is 0.0769. The van der Waals surface area contributed by atoms with Crippen LogP contribution in [0.5, 0.6) is 0 Å². The van der Waals surface area contributed by atoms with Crippen LogP contribution in [0, 0.1) is 6.92 Å². The minimum atomic E-state index is 0.532. The SMILES string of the molecule is Cc1nc2cccnc2n1-c1ccc(N)c(Cl)c1. The first-order valence-electron chi connectivity index (χ1n) is 5.52. The number of anilines is 1. The Morgan fingerprint density at radius 2 is 2.11 bits per heavy atom. The van der Waals surface area contributed by atoms with Gasteiger partial charge in [0.25, 0.3) is 0 Å². The molecule has 0 aliphatic rings. The Morgan fingerprint density at radius 3 is 2.89 bits per heavy atom. The lowest BCUT2D eigenvalue weighted by Crippen LogP contribution is -1.99. The molecule has 0 saturated carbocycles. The number of nitrogen functional groups attached to an aromatic ring is 1. The third-order valence-electron chi connectivity index (χ3n) is 2.83. The number of aryl methyl sites for hydroxylation is 1. The Morgan fingerprint density at radius 1 is 1.28 bits per heavy atom. The molecule has 0 aliphatic carbocycles. The van der Waals surface area contributed by atoms with Gasteiger partial charge in [-0.2, -0.15) is 0 Å². The Kier molecular flexibility index (Phi) is 2.45. The lowest BCUT2D eigenvalue weighted by molar-refractivity contribution is 0.987. The summed E-state index contributed by atoms with van der Waals surface area (Å²) in [6.45, 7) is 1.94. The number of nitrogens with two attached hydrogens (primary N) is 1. The second kappa shape index (κ2) is 3.99. The van der Waals surface area contributed by atoms with Crippen molar-refractivity contribution in [3.63, 3.8) is 0 Å². The Hall–Kier alpha value is -2.07. The third-order valence-corrected chi connectivity index (χ3v) is 3.15. The van der Waals surface area contributed by atoms with Gasteiger partial charge in [-0.05, 0) is 37.3 Å². The molecule has 0 radical (unpaired) electrons. The minimum absolute atomic E-state index is 0.532. The molecule has 18 heavy (non-hydrogen) atoms. The van der Waals surface area contributed by atoms with E-state index < -0.39 is 0 Å². The maximum atomic E-state index is 6.06. The van der Waals surface area contributed by atoms with Crippen LogP contribution in [0.3, 0.4) is 0 Å². The highest BCUT2D eigenvalue weighted by Gasteiger charge is 2.10. The highest BCUT2D eigenvalue weighted by molar-refractivity contribution is 6.33. The van der Waals surface area contributed by atoms with Crippen molar-refractivity contribution in [2.45, 2.75) is 6.92 Å². The first kappa shape index (κ1) is 11.0. The predicted molar refractivity (Wildman–Crippen MR) is 73.0 cm³/mol. The number of nitrogens with zero attached hydrogens (tertiary/aromatic N) is 3. The van der Waals surface area contributed by atoms with Gasteiger partial charge in [-0.1, -0.05) is 11.6 Å². The highest BCUT2D eigenvalue weighted by Crippen LogP contribution is 2.25. The van der Waals surface area contributed by atoms with Gasteiger partial charge in [-0.25, -0.2) is 9.97 Å². The zero-order chi connectivity index (χ0) is 12.7. The molecule has 5 heteroatoms. The van der Waals surface area contributed by atoms with Gasteiger partial charge in [0, 0.05) is 6.20 Å². The number of hydrogen-bond donors (Lipinski definition) is 1. The van der Waals surface area contributed by atoms with Crippen LogP contribution in [0.2, 0.25) is 5.02 Å². The summed E-state index contributed by atoms with van der Waals surface area (Å²) in [5.74, 6) is 0.865. The van der Waals surface area contributed by atoms with Gasteiger partial charge in [0.15, 0.2) is 5.65 Å². The predicted octanol–water partition coefficient (Wildman–Crippen LogP) is 2.96. The summed E-state index contributed by atoms with van der Waals surface area (Å²) in [6, 6.07) is 9.31. The number of benzene rings is 1. The van der Waals surface area contributed by atoms with Crippen LogP contribution in [0.1, 0.15) is 5.82 Å². The standard InChI is InChI=1S/C13H11ClN4/c1-8-17-12-3-2-6-16-13(12)18(8)9-4-5-11(15)10(14)7-9/h2-7H,15H2,1H3. The first-order valence-corrected chi connectivity index (χ1v) is 5.90. The normalized spacial score (nSPS) is 11.0. The maximum absolute atomic E-state index is 6.06. The topological polar surface area (TPSA) is 56.7 Å². The van der Waals surface area contributed by atoms with Gasteiger partial charge in [0.05, 0.1) is 16.4 Å². The summed E-state index contributed by atoms with van der Waals surface area (Å²) in [7, 11) is 0. The van der Waals surface area contributed by atoms with Crippen LogP contribution in [0.15, 0.2) is 36.5 Å². The van der Waals surface area contributed by atoms with E-state index in [2.05, 4.69) is 9.97 Å². The zero-order valence-corrected chi connectivity index (χ0v) is 10.5. The van der Waals surface area contributed by atoms with Gasteiger partial charge in [0.2, 0.25) is 0 Å². The largest absolute Gasteiger partial charge is 0.398 e. The maximum Gasteiger partial charge on any atom is 0.164 e. The van der Waals surface area contributed by atoms with Crippen LogP contribution in [-0.2, 0) is 0 Å². The number of aromatic nitrogens is 3. The molecule has 0 aliphatic heterocycles. The molecule has 2 heterocycles. The van der Waals surface area contributed by atoms with Crippen molar-refractivity contribution < 1.29 is 0 Å². The molecule has 3 rings (SSSR count). The molecule has 90 valence electrons. The van der Waals surface area contributed by atoms with Crippen molar-refractivity contribution in [1.29, 1.82) is 0 Å². The van der Waals surface area contributed by atoms with Crippen LogP contribution >= 0.6 is 11.6 Å². The number of fused-ring (bicyclic) bond motifs is 1. The average molecular weight is 259 g/mol. The first-order chi connectivity index (χ1) is 8.66. The smallest absolute Gasteiger partial charge is 0.164 e. The van der Waals surface area contributed by atoms with Crippen LogP contribution in [-0.4, -0.2) is 14.5 Å². The fourth-order valence-electron chi connectivity index (χ4n) is 1.99. The summed E-state index contributed by atoms with van der Waals surface area (Å²) in [5.41, 5.74) is 8.88. The molecular weight excluding hydrogens is 248 g/mol. The highest BCUT2D eigenvalue weighted by atomic mass is 35.5. The lowest BCUT2D eigenvalue weighted by Gasteiger charge is -2.07. The van der Waals surface area contributed by atoms with Crippen LogP contribution < -0.4 is 5.73 Å². The summed E-state index contributed by atoms with van der Waals surface area (Å²) >= 11 is 6.06. The monoisotopic (exact) mass is 258 g/mol. The molecule has 1 aromatic carbocycles. The van der Waals surface area contributed by atoms with Gasteiger partial charge >= 0.3 is 0 Å². The molecule has 0 bridgehead atoms. The Bertz CT molecular complexity index is 733. The second-order valence-corrected chi connectivity index (χ2v) is 4.45. The van der Waals surface area contributed by atoms with E-state index in [4.69, 9.17) is 17.3 Å². The molecule has 0 saturated heterocycles. The third kappa shape index (κ3) is 1.62. The van der Waals surface area contributed by atoms with E-state index >= 15 is 0 Å². The molecule has 2 aromatic heterocycles. The fourth-order valence-corrected chi connectivity index (χ4v) is 2.16. The van der Waals surface area contributed by atoms with Crippen molar-refractivity contribution in [3.05, 3.63) is 47.4 Å². The number of halogens is 1. The van der Waals surface area contributed by atoms with E-state index in [0.29, 0.717) is 10.7 Å². The molecular formula is C13H11ClN4. The number of rotatable bonds is 1. The molecule has 0 fully saturated rings. The quantitative estimate of drug-likeness (QED) is 0.683. The number of hydrogen-bond acceptors (Lipinski definition) is 3. The molecule has 4 nitrogen and oxygen atoms in total. The van der Waals surface area contributed by atoms with Crippen molar-refractivity contribution in [2.75, 3.05) is 5.73 Å². The van der Waals surface area contributed by atoms with Gasteiger partial charge in [0.1, 0.15) is 11.3 Å². The van der Waals surface area contributed by atoms with E-state index in [-0.39, 0.29) is 0 Å². The zero-order valence-electron chi connectivity index (χ0n) is 9.76. The van der Waals surface area contributed by atoms with Crippen molar-refractivity contribution in [2.24, 2.45) is 0 Å². The van der Waals surface area contributed by atoms with Crippen molar-refractivity contribution in [1.82, 2.24) is 14.5 Å². The van der Waals surface area contributed by atoms with Gasteiger partial charge < -0.3 is 5.73 Å². The Balaban J connectivity index is 2.30. The van der Waals surface area contributed by atoms with Gasteiger partial charge in [-0.3, -0.25) is 4.57 Å². The average Bonchev–Trinajstić information content (AvgIpc) is 2.69. The lowest BCUT2D eigenvalue weighted by atomic mass is 10.3. The van der Waals surface area contributed by atoms with E-state index in [9.17, 15) is 0 Å². The van der Waals surface area contributed by atoms with E-state index in [1.54, 1.807) is 12.3 Å². The molecule has 0 atom stereocenters. The van der Waals surface area contributed by atoms with E-state index in [0.717, 1.165) is 22.7 Å². The molecule has 0 spiro atoms. The van der Waals surface area contributed by atoms with Crippen LogP contribution in [0.4, 0.5) is 5.69 Å². The molecule has 2 N–H and O–H groups in total. The van der Waals surface area contributed by atoms with E-state index in [1.165, 1.54) is 0 Å². The number of imidazole rings is 1. The molecule has 0 amide bonds. The summed E-state index contributed by atoms with van der Waals surface area (Å²) in [4.78, 5) is 8.82. The van der Waals surface area contributed by atoms with Gasteiger partial charge in [-0.15, -0.1) is 0 Å². The molecule has 3 aromatic rings. The summed E-state index contributed by atoms with van der Waals surface area (Å²) in [5, 5.41) is 0.532. The summed E-state index contributed by atoms with van der Waals surface area (Å²) < 4.78 is 1.96. The minimum Gasteiger partial charge on any atom is -0.398 e.